The molecule has 9 heteroatoms. The Labute approximate surface area is 177 Å². The smallest absolute Gasteiger partial charge is 0.270 e. The van der Waals surface area contributed by atoms with Crippen LogP contribution >= 0.6 is 23.1 Å². The highest BCUT2D eigenvalue weighted by Crippen LogP contribution is 2.30. The highest BCUT2D eigenvalue weighted by molar-refractivity contribution is 7.99. The third kappa shape index (κ3) is 4.20. The average Bonchev–Trinajstić information content (AvgIpc) is 3.45. The normalized spacial score (nSPS) is 11.2. The minimum absolute atomic E-state index is 0.149. The second-order valence-corrected chi connectivity index (χ2v) is 8.53. The molecule has 3 aromatic heterocycles. The fourth-order valence-electron chi connectivity index (χ4n) is 3.15. The molecule has 29 heavy (non-hydrogen) atoms. The first-order valence-corrected chi connectivity index (χ1v) is 11.3. The Kier molecular flexibility index (Phi) is 5.96. The molecule has 4 aromatic rings. The van der Waals surface area contributed by atoms with Crippen molar-refractivity contribution >= 4 is 39.9 Å². The molecule has 4 rings (SSSR count). The lowest BCUT2D eigenvalue weighted by Crippen LogP contribution is -2.26. The molecular formula is C20H22N6OS2. The fourth-order valence-corrected chi connectivity index (χ4v) is 4.71. The van der Waals surface area contributed by atoms with E-state index >= 15 is 0 Å². The molecule has 0 aliphatic rings. The first-order valence-electron chi connectivity index (χ1n) is 9.46. The molecular weight excluding hydrogens is 404 g/mol. The lowest BCUT2D eigenvalue weighted by Gasteiger charge is -2.07. The van der Waals surface area contributed by atoms with Crippen LogP contribution in [-0.4, -0.2) is 42.5 Å². The van der Waals surface area contributed by atoms with Gasteiger partial charge in [-0.3, -0.25) is 4.79 Å². The number of hydrogen-bond donors (Lipinski definition) is 1. The quantitative estimate of drug-likeness (QED) is 0.342. The summed E-state index contributed by atoms with van der Waals surface area (Å²) in [6.07, 6.45) is 2.70. The van der Waals surface area contributed by atoms with Gasteiger partial charge in [0.25, 0.3) is 5.91 Å². The van der Waals surface area contributed by atoms with Gasteiger partial charge in [-0.25, -0.2) is 4.98 Å². The fraction of sp³-hybridized carbons (Fsp3) is 0.300. The van der Waals surface area contributed by atoms with Gasteiger partial charge in [0.2, 0.25) is 0 Å². The SMILES string of the molecule is CCCn1c(-c2nc(C(=O)NCCSc3nncn3C)cs2)cc2ccccc21. The summed E-state index contributed by atoms with van der Waals surface area (Å²) < 4.78 is 4.14. The van der Waals surface area contributed by atoms with E-state index in [9.17, 15) is 4.79 Å². The van der Waals surface area contributed by atoms with Crippen molar-refractivity contribution in [3.05, 3.63) is 47.7 Å². The van der Waals surface area contributed by atoms with Crippen LogP contribution in [0.15, 0.2) is 47.2 Å². The zero-order valence-corrected chi connectivity index (χ0v) is 18.0. The monoisotopic (exact) mass is 426 g/mol. The van der Waals surface area contributed by atoms with Crippen molar-refractivity contribution < 1.29 is 4.79 Å². The van der Waals surface area contributed by atoms with E-state index in [4.69, 9.17) is 0 Å². The summed E-state index contributed by atoms with van der Waals surface area (Å²) in [4.78, 5) is 17.1. The topological polar surface area (TPSA) is 77.6 Å². The van der Waals surface area contributed by atoms with E-state index in [1.165, 1.54) is 22.2 Å². The van der Waals surface area contributed by atoms with Crippen molar-refractivity contribution in [2.24, 2.45) is 7.05 Å². The number of para-hydroxylation sites is 1. The number of nitrogens with zero attached hydrogens (tertiary/aromatic N) is 5. The summed E-state index contributed by atoms with van der Waals surface area (Å²) in [7, 11) is 1.90. The van der Waals surface area contributed by atoms with Gasteiger partial charge < -0.3 is 14.5 Å². The second kappa shape index (κ2) is 8.79. The first kappa shape index (κ1) is 19.7. The van der Waals surface area contributed by atoms with Crippen LogP contribution in [-0.2, 0) is 13.6 Å². The van der Waals surface area contributed by atoms with Crippen molar-refractivity contribution in [2.75, 3.05) is 12.3 Å². The number of carbonyl (C=O) groups is 1. The standard InChI is InChI=1S/C20H22N6OS2/c1-3-9-26-16-7-5-4-6-14(16)11-17(26)19-23-15(12-29-19)18(27)21-8-10-28-20-24-22-13-25(20)2/h4-7,11-13H,3,8-10H2,1-2H3,(H,21,27). The molecule has 0 saturated heterocycles. The van der Waals surface area contributed by atoms with E-state index in [2.05, 4.69) is 56.3 Å². The first-order chi connectivity index (χ1) is 14.2. The van der Waals surface area contributed by atoms with Crippen molar-refractivity contribution in [3.8, 4) is 10.7 Å². The molecule has 150 valence electrons. The second-order valence-electron chi connectivity index (χ2n) is 6.61. The van der Waals surface area contributed by atoms with Gasteiger partial charge in [0, 0.05) is 42.2 Å². The van der Waals surface area contributed by atoms with E-state index in [0.717, 1.165) is 34.6 Å². The summed E-state index contributed by atoms with van der Waals surface area (Å²) in [6, 6.07) is 10.5. The van der Waals surface area contributed by atoms with Crippen LogP contribution in [0.4, 0.5) is 0 Å². The summed E-state index contributed by atoms with van der Waals surface area (Å²) in [5, 5.41) is 15.5. The van der Waals surface area contributed by atoms with Gasteiger partial charge in [0.1, 0.15) is 17.0 Å². The maximum atomic E-state index is 12.5. The Hall–Kier alpha value is -2.65. The number of aryl methyl sites for hydroxylation is 2. The largest absolute Gasteiger partial charge is 0.350 e. The highest BCUT2D eigenvalue weighted by atomic mass is 32.2. The number of benzene rings is 1. The van der Waals surface area contributed by atoms with Crippen molar-refractivity contribution in [1.29, 1.82) is 0 Å². The molecule has 0 fully saturated rings. The summed E-state index contributed by atoms with van der Waals surface area (Å²) >= 11 is 3.06. The molecule has 0 bridgehead atoms. The summed E-state index contributed by atoms with van der Waals surface area (Å²) in [5.41, 5.74) is 2.73. The summed E-state index contributed by atoms with van der Waals surface area (Å²) in [6.45, 7) is 3.63. The van der Waals surface area contributed by atoms with Crippen LogP contribution in [0.25, 0.3) is 21.6 Å². The highest BCUT2D eigenvalue weighted by Gasteiger charge is 2.16. The molecule has 0 atom stereocenters. The van der Waals surface area contributed by atoms with Gasteiger partial charge in [-0.1, -0.05) is 36.9 Å². The number of aromatic nitrogens is 5. The number of amides is 1. The van der Waals surface area contributed by atoms with Gasteiger partial charge in [-0.2, -0.15) is 0 Å². The zero-order valence-electron chi connectivity index (χ0n) is 16.3. The van der Waals surface area contributed by atoms with E-state index in [1.54, 1.807) is 18.1 Å². The molecule has 7 nitrogen and oxygen atoms in total. The van der Waals surface area contributed by atoms with E-state index in [0.29, 0.717) is 12.2 Å². The van der Waals surface area contributed by atoms with Crippen LogP contribution in [0.2, 0.25) is 0 Å². The van der Waals surface area contributed by atoms with Crippen LogP contribution in [0.1, 0.15) is 23.8 Å². The Morgan fingerprint density at radius 2 is 2.17 bits per heavy atom. The number of nitrogens with one attached hydrogen (secondary N) is 1. The number of hydrogen-bond acceptors (Lipinski definition) is 6. The summed E-state index contributed by atoms with van der Waals surface area (Å²) in [5.74, 6) is 0.573. The van der Waals surface area contributed by atoms with Crippen molar-refractivity contribution in [3.63, 3.8) is 0 Å². The zero-order chi connectivity index (χ0) is 20.2. The molecule has 3 heterocycles. The number of fused-ring (bicyclic) bond motifs is 1. The lowest BCUT2D eigenvalue weighted by atomic mass is 10.2. The number of thioether (sulfide) groups is 1. The molecule has 0 aliphatic heterocycles. The van der Waals surface area contributed by atoms with Crippen LogP contribution < -0.4 is 5.32 Å². The van der Waals surface area contributed by atoms with Crippen molar-refractivity contribution in [2.45, 2.75) is 25.0 Å². The Bertz CT molecular complexity index is 1130. The Morgan fingerprint density at radius 1 is 1.31 bits per heavy atom. The third-order valence-corrected chi connectivity index (χ3v) is 6.40. The van der Waals surface area contributed by atoms with E-state index < -0.39 is 0 Å². The lowest BCUT2D eigenvalue weighted by molar-refractivity contribution is 0.0952. The van der Waals surface area contributed by atoms with Gasteiger partial charge in [0.05, 0.1) is 5.69 Å². The maximum Gasteiger partial charge on any atom is 0.270 e. The van der Waals surface area contributed by atoms with Gasteiger partial charge in [-0.15, -0.1) is 21.5 Å². The Morgan fingerprint density at radius 3 is 2.97 bits per heavy atom. The van der Waals surface area contributed by atoms with Gasteiger partial charge in [-0.05, 0) is 18.6 Å². The maximum absolute atomic E-state index is 12.5. The molecule has 0 spiro atoms. The molecule has 0 radical (unpaired) electrons. The van der Waals surface area contributed by atoms with Crippen LogP contribution in [0.5, 0.6) is 0 Å². The number of rotatable bonds is 8. The van der Waals surface area contributed by atoms with Gasteiger partial charge in [0.15, 0.2) is 5.16 Å². The predicted octanol–water partition coefficient (Wildman–Crippen LogP) is 3.83. The van der Waals surface area contributed by atoms with Crippen LogP contribution in [0, 0.1) is 0 Å². The predicted molar refractivity (Wildman–Crippen MR) is 117 cm³/mol. The molecule has 0 unspecified atom stereocenters. The molecule has 1 aromatic carbocycles. The van der Waals surface area contributed by atoms with E-state index in [-0.39, 0.29) is 5.91 Å². The third-order valence-electron chi connectivity index (χ3n) is 4.50. The number of carbonyl (C=O) groups excluding carboxylic acids is 1. The minimum atomic E-state index is -0.149. The minimum Gasteiger partial charge on any atom is -0.350 e. The Balaban J connectivity index is 1.44. The molecule has 1 amide bonds. The molecule has 1 N–H and O–H groups in total. The van der Waals surface area contributed by atoms with E-state index in [1.807, 2.05) is 23.1 Å². The average molecular weight is 427 g/mol. The molecule has 0 aliphatic carbocycles. The molecule has 0 saturated carbocycles. The van der Waals surface area contributed by atoms with Crippen LogP contribution in [0.3, 0.4) is 0 Å². The van der Waals surface area contributed by atoms with Gasteiger partial charge >= 0.3 is 0 Å². The number of thiazole rings is 1. The van der Waals surface area contributed by atoms with Crippen molar-refractivity contribution in [1.82, 2.24) is 29.6 Å².